The van der Waals surface area contributed by atoms with Gasteiger partial charge in [0.2, 0.25) is 5.91 Å². The lowest BCUT2D eigenvalue weighted by molar-refractivity contribution is -0.126. The molecule has 0 unspecified atom stereocenters. The van der Waals surface area contributed by atoms with Crippen molar-refractivity contribution in [3.8, 4) is 0 Å². The molecule has 4 N–H and O–H groups in total. The van der Waals surface area contributed by atoms with Crippen LogP contribution in [0, 0.1) is 0 Å². The van der Waals surface area contributed by atoms with Gasteiger partial charge in [0.15, 0.2) is 0 Å². The highest BCUT2D eigenvalue weighted by Gasteiger charge is 2.12. The maximum atomic E-state index is 11.6. The Kier molecular flexibility index (Phi) is 4.13. The van der Waals surface area contributed by atoms with E-state index in [1.54, 1.807) is 21.0 Å². The Morgan fingerprint density at radius 3 is 2.56 bits per heavy atom. The van der Waals surface area contributed by atoms with Crippen molar-refractivity contribution < 1.29 is 4.79 Å². The Morgan fingerprint density at radius 1 is 1.44 bits per heavy atom. The summed E-state index contributed by atoms with van der Waals surface area (Å²) in [6.07, 6.45) is 0. The number of nitrogens with two attached hydrogens (primary N) is 1. The number of aromatic nitrogens is 2. The van der Waals surface area contributed by atoms with Crippen LogP contribution < -0.4 is 22.3 Å². The van der Waals surface area contributed by atoms with Crippen LogP contribution in [0.5, 0.6) is 0 Å². The number of hydrogen-bond donors (Lipinski definition) is 3. The highest BCUT2D eigenvalue weighted by atomic mass is 16.2. The van der Waals surface area contributed by atoms with Crippen LogP contribution in [0.25, 0.3) is 0 Å². The van der Waals surface area contributed by atoms with Crippen molar-refractivity contribution in [1.82, 2.24) is 14.5 Å². The molecule has 8 nitrogen and oxygen atoms in total. The Bertz CT molecular complexity index is 558. The van der Waals surface area contributed by atoms with Gasteiger partial charge in [0, 0.05) is 20.6 Å². The van der Waals surface area contributed by atoms with Gasteiger partial charge in [-0.25, -0.2) is 4.79 Å². The minimum Gasteiger partial charge on any atom is -0.383 e. The van der Waals surface area contributed by atoms with Crippen molar-refractivity contribution in [2.45, 2.75) is 13.5 Å². The van der Waals surface area contributed by atoms with Crippen molar-refractivity contribution in [3.05, 3.63) is 20.8 Å². The summed E-state index contributed by atoms with van der Waals surface area (Å²) in [5.74, 6) is -0.180. The van der Waals surface area contributed by atoms with Crippen LogP contribution in [0.3, 0.4) is 0 Å². The Balaban J connectivity index is 3.07. The average molecular weight is 255 g/mol. The van der Waals surface area contributed by atoms with Gasteiger partial charge in [-0.05, 0) is 6.92 Å². The number of carbonyl (C=O) groups excluding carboxylic acids is 1. The summed E-state index contributed by atoms with van der Waals surface area (Å²) in [5.41, 5.74) is 4.55. The van der Waals surface area contributed by atoms with Crippen molar-refractivity contribution in [3.63, 3.8) is 0 Å². The smallest absolute Gasteiger partial charge is 0.330 e. The molecule has 1 heterocycles. The van der Waals surface area contributed by atoms with Gasteiger partial charge in [0.25, 0.3) is 5.56 Å². The molecule has 100 valence electrons. The van der Waals surface area contributed by atoms with Crippen LogP contribution in [-0.2, 0) is 11.3 Å². The number of aromatic amines is 1. The lowest BCUT2D eigenvalue weighted by Crippen LogP contribution is -2.36. The van der Waals surface area contributed by atoms with Gasteiger partial charge in [-0.2, -0.15) is 0 Å². The predicted octanol–water partition coefficient (Wildman–Crippen LogP) is -1.36. The molecule has 0 aromatic carbocycles. The summed E-state index contributed by atoms with van der Waals surface area (Å²) in [4.78, 5) is 37.9. The maximum Gasteiger partial charge on any atom is 0.330 e. The fourth-order valence-electron chi connectivity index (χ4n) is 1.39. The quantitative estimate of drug-likeness (QED) is 0.615. The summed E-state index contributed by atoms with van der Waals surface area (Å²) in [6, 6.07) is 0. The van der Waals surface area contributed by atoms with Gasteiger partial charge in [-0.15, -0.1) is 0 Å². The number of nitrogens with one attached hydrogen (secondary N) is 2. The number of anilines is 2. The molecule has 1 amide bonds. The molecule has 0 atom stereocenters. The largest absolute Gasteiger partial charge is 0.383 e. The van der Waals surface area contributed by atoms with Crippen LogP contribution >= 0.6 is 0 Å². The number of hydrogen-bond acceptors (Lipinski definition) is 5. The number of amides is 1. The molecule has 0 spiro atoms. The maximum absolute atomic E-state index is 11.6. The Morgan fingerprint density at radius 2 is 2.06 bits per heavy atom. The zero-order valence-electron chi connectivity index (χ0n) is 10.6. The lowest BCUT2D eigenvalue weighted by Gasteiger charge is -2.14. The molecule has 0 fully saturated rings. The zero-order valence-corrected chi connectivity index (χ0v) is 10.6. The normalized spacial score (nSPS) is 10.2. The molecule has 0 saturated carbocycles. The second kappa shape index (κ2) is 5.39. The fourth-order valence-corrected chi connectivity index (χ4v) is 1.39. The number of likely N-dealkylation sites (N-methyl/N-ethyl adjacent to an activating group) is 1. The van der Waals surface area contributed by atoms with Gasteiger partial charge in [0.1, 0.15) is 11.5 Å². The molecular weight excluding hydrogens is 238 g/mol. The molecule has 0 saturated heterocycles. The molecule has 0 aliphatic carbocycles. The second-order valence-corrected chi connectivity index (χ2v) is 3.91. The van der Waals surface area contributed by atoms with Crippen molar-refractivity contribution in [2.75, 3.05) is 31.7 Å². The molecule has 0 aliphatic rings. The third-order valence-corrected chi connectivity index (χ3v) is 2.47. The molecule has 0 bridgehead atoms. The van der Waals surface area contributed by atoms with E-state index in [-0.39, 0.29) is 24.0 Å². The number of H-pyrrole nitrogens is 1. The van der Waals surface area contributed by atoms with E-state index < -0.39 is 11.2 Å². The van der Waals surface area contributed by atoms with Crippen LogP contribution in [0.1, 0.15) is 6.92 Å². The molecule has 1 aromatic rings. The molecule has 8 heteroatoms. The molecule has 0 radical (unpaired) electrons. The van der Waals surface area contributed by atoms with Gasteiger partial charge in [0.05, 0.1) is 6.54 Å². The number of carbonyl (C=O) groups is 1. The zero-order chi connectivity index (χ0) is 13.9. The molecular formula is C10H17N5O3. The first kappa shape index (κ1) is 13.8. The first-order valence-electron chi connectivity index (χ1n) is 5.45. The van der Waals surface area contributed by atoms with E-state index in [0.29, 0.717) is 6.54 Å². The second-order valence-electron chi connectivity index (χ2n) is 3.91. The minimum atomic E-state index is -0.631. The van der Waals surface area contributed by atoms with Crippen LogP contribution in [0.4, 0.5) is 11.5 Å². The standard InChI is InChI=1S/C10H17N5O3/c1-4-15-8(11)7(9(17)13-10(15)18)12-5-6(16)14(2)3/h12H,4-5,11H2,1-3H3,(H,13,17,18). The Hall–Kier alpha value is -2.25. The minimum absolute atomic E-state index is 0.0257. The lowest BCUT2D eigenvalue weighted by atomic mass is 10.4. The molecule has 18 heavy (non-hydrogen) atoms. The van der Waals surface area contributed by atoms with Crippen LogP contribution in [-0.4, -0.2) is 41.0 Å². The first-order valence-corrected chi connectivity index (χ1v) is 5.45. The van der Waals surface area contributed by atoms with Gasteiger partial charge < -0.3 is 16.0 Å². The van der Waals surface area contributed by atoms with E-state index in [9.17, 15) is 14.4 Å². The first-order chi connectivity index (χ1) is 8.38. The number of rotatable bonds is 4. The van der Waals surface area contributed by atoms with Gasteiger partial charge >= 0.3 is 5.69 Å². The summed E-state index contributed by atoms with van der Waals surface area (Å²) in [5, 5.41) is 2.64. The van der Waals surface area contributed by atoms with Crippen LogP contribution in [0.15, 0.2) is 9.59 Å². The number of nitrogen functional groups attached to an aromatic ring is 1. The van der Waals surface area contributed by atoms with E-state index in [4.69, 9.17) is 5.73 Å². The highest BCUT2D eigenvalue weighted by molar-refractivity contribution is 5.81. The van der Waals surface area contributed by atoms with E-state index >= 15 is 0 Å². The topological polar surface area (TPSA) is 113 Å². The summed E-state index contributed by atoms with van der Waals surface area (Å²) < 4.78 is 1.21. The van der Waals surface area contributed by atoms with Gasteiger partial charge in [-0.3, -0.25) is 19.1 Å². The van der Waals surface area contributed by atoms with Crippen molar-refractivity contribution in [1.29, 1.82) is 0 Å². The third kappa shape index (κ3) is 2.70. The molecule has 1 aromatic heterocycles. The monoisotopic (exact) mass is 255 g/mol. The van der Waals surface area contributed by atoms with Gasteiger partial charge in [-0.1, -0.05) is 0 Å². The Labute approximate surface area is 103 Å². The average Bonchev–Trinajstić information content (AvgIpc) is 2.28. The van der Waals surface area contributed by atoms with E-state index in [2.05, 4.69) is 10.3 Å². The summed E-state index contributed by atoms with van der Waals surface area (Å²) in [7, 11) is 3.20. The summed E-state index contributed by atoms with van der Waals surface area (Å²) >= 11 is 0. The molecule has 1 rings (SSSR count). The third-order valence-electron chi connectivity index (χ3n) is 2.47. The van der Waals surface area contributed by atoms with Crippen LogP contribution in [0.2, 0.25) is 0 Å². The highest BCUT2D eigenvalue weighted by Crippen LogP contribution is 2.09. The predicted molar refractivity (Wildman–Crippen MR) is 68.6 cm³/mol. The van der Waals surface area contributed by atoms with Crippen molar-refractivity contribution >= 4 is 17.4 Å². The molecule has 0 aliphatic heterocycles. The van der Waals surface area contributed by atoms with E-state index in [0.717, 1.165) is 0 Å². The van der Waals surface area contributed by atoms with Crippen molar-refractivity contribution in [2.24, 2.45) is 0 Å². The number of nitrogens with zero attached hydrogens (tertiary/aromatic N) is 2. The van der Waals surface area contributed by atoms with E-state index in [1.165, 1.54) is 9.47 Å². The fraction of sp³-hybridized carbons (Fsp3) is 0.500. The SMILES string of the molecule is CCn1c(N)c(NCC(=O)N(C)C)c(=O)[nH]c1=O. The van der Waals surface area contributed by atoms with E-state index in [1.807, 2.05) is 0 Å². The summed E-state index contributed by atoms with van der Waals surface area (Å²) in [6.45, 7) is 1.99.